The number of benzene rings is 1. The van der Waals surface area contributed by atoms with Crippen LogP contribution in [0.3, 0.4) is 0 Å². The van der Waals surface area contributed by atoms with Crippen LogP contribution in [0.1, 0.15) is 31.1 Å². The molecular weight excluding hydrogens is 392 g/mol. The fraction of sp³-hybridized carbons (Fsp3) is 0.304. The van der Waals surface area contributed by atoms with Crippen LogP contribution in [0.15, 0.2) is 48.8 Å². The monoisotopic (exact) mass is 416 g/mol. The highest BCUT2D eigenvalue weighted by Gasteiger charge is 2.19. The maximum atomic E-state index is 6.10. The zero-order chi connectivity index (χ0) is 21.4. The molecule has 0 radical (unpaired) electrons. The third-order valence-corrected chi connectivity index (χ3v) is 5.21. The van der Waals surface area contributed by atoms with Gasteiger partial charge in [0.25, 0.3) is 0 Å². The van der Waals surface area contributed by atoms with Crippen LogP contribution >= 0.6 is 0 Å². The summed E-state index contributed by atoms with van der Waals surface area (Å²) in [5.41, 5.74) is 9.79. The number of hydrogen-bond donors (Lipinski definition) is 1. The molecule has 0 saturated carbocycles. The number of rotatable bonds is 2. The molecule has 0 aliphatic carbocycles. The Morgan fingerprint density at radius 3 is 2.61 bits per heavy atom. The molecule has 8 heteroatoms. The number of fused-ring (bicyclic) bond motifs is 4. The van der Waals surface area contributed by atoms with Crippen molar-refractivity contribution in [3.63, 3.8) is 0 Å². The van der Waals surface area contributed by atoms with Gasteiger partial charge >= 0.3 is 0 Å². The first kappa shape index (κ1) is 19.6. The van der Waals surface area contributed by atoms with E-state index >= 15 is 0 Å². The minimum absolute atomic E-state index is 0.403. The first-order valence-corrected chi connectivity index (χ1v) is 10.3. The number of para-hydroxylation sites is 1. The van der Waals surface area contributed by atoms with Crippen molar-refractivity contribution >= 4 is 11.2 Å². The molecule has 0 amide bonds. The van der Waals surface area contributed by atoms with Crippen molar-refractivity contribution in [2.75, 3.05) is 13.2 Å². The minimum Gasteiger partial charge on any atom is -0.491 e. The molecule has 0 saturated heterocycles. The molecular formula is C23H24N6O2. The van der Waals surface area contributed by atoms with E-state index in [-0.39, 0.29) is 0 Å². The highest BCUT2D eigenvalue weighted by Crippen LogP contribution is 2.26. The second-order valence-electron chi connectivity index (χ2n) is 8.18. The predicted molar refractivity (Wildman–Crippen MR) is 116 cm³/mol. The van der Waals surface area contributed by atoms with Crippen molar-refractivity contribution in [2.24, 2.45) is 5.73 Å². The maximum absolute atomic E-state index is 6.10. The lowest BCUT2D eigenvalue weighted by Gasteiger charge is -2.17. The zero-order valence-electron chi connectivity index (χ0n) is 17.6. The van der Waals surface area contributed by atoms with E-state index in [4.69, 9.17) is 25.2 Å². The lowest BCUT2D eigenvalue weighted by molar-refractivity contribution is 0.0813. The van der Waals surface area contributed by atoms with Gasteiger partial charge in [0.15, 0.2) is 5.65 Å². The Labute approximate surface area is 180 Å². The normalized spacial score (nSPS) is 14.5. The van der Waals surface area contributed by atoms with Crippen molar-refractivity contribution in [1.82, 2.24) is 24.5 Å². The first-order valence-electron chi connectivity index (χ1n) is 10.3. The van der Waals surface area contributed by atoms with Crippen molar-refractivity contribution in [1.29, 1.82) is 0 Å². The molecule has 0 fully saturated rings. The zero-order valence-corrected chi connectivity index (χ0v) is 17.6. The van der Waals surface area contributed by atoms with E-state index in [1.807, 2.05) is 44.2 Å². The van der Waals surface area contributed by atoms with Gasteiger partial charge in [-0.05, 0) is 32.0 Å². The molecule has 8 nitrogen and oxygen atoms in total. The molecule has 0 unspecified atom stereocenters. The van der Waals surface area contributed by atoms with E-state index in [1.54, 1.807) is 12.4 Å². The summed E-state index contributed by atoms with van der Waals surface area (Å²) in [6, 6.07) is 11.9. The van der Waals surface area contributed by atoms with Gasteiger partial charge in [-0.25, -0.2) is 19.9 Å². The molecule has 0 bridgehead atoms. The van der Waals surface area contributed by atoms with E-state index in [2.05, 4.69) is 20.6 Å². The molecule has 2 N–H and O–H groups in total. The molecule has 31 heavy (non-hydrogen) atoms. The summed E-state index contributed by atoms with van der Waals surface area (Å²) in [4.78, 5) is 18.5. The van der Waals surface area contributed by atoms with Gasteiger partial charge in [-0.3, -0.25) is 0 Å². The van der Waals surface area contributed by atoms with E-state index in [0.29, 0.717) is 32.2 Å². The quantitative estimate of drug-likeness (QED) is 0.536. The average Bonchev–Trinajstić information content (AvgIpc) is 3.11. The van der Waals surface area contributed by atoms with Gasteiger partial charge in [0.1, 0.15) is 36.1 Å². The van der Waals surface area contributed by atoms with Gasteiger partial charge in [0.2, 0.25) is 0 Å². The van der Waals surface area contributed by atoms with Crippen LogP contribution in [0.2, 0.25) is 0 Å². The largest absolute Gasteiger partial charge is 0.491 e. The third-order valence-electron chi connectivity index (χ3n) is 5.21. The smallest absolute Gasteiger partial charge is 0.161 e. The van der Waals surface area contributed by atoms with E-state index < -0.39 is 5.54 Å². The Kier molecular flexibility index (Phi) is 4.88. The molecule has 5 rings (SSSR count). The molecule has 1 aliphatic rings. The fourth-order valence-corrected chi connectivity index (χ4v) is 3.60. The average molecular weight is 416 g/mol. The summed E-state index contributed by atoms with van der Waals surface area (Å²) in [6.45, 7) is 5.77. The number of aromatic nitrogens is 5. The number of hydrogen-bond acceptors (Lipinski definition) is 7. The van der Waals surface area contributed by atoms with Crippen molar-refractivity contribution in [2.45, 2.75) is 32.5 Å². The summed E-state index contributed by atoms with van der Waals surface area (Å²) in [7, 11) is 0. The SMILES string of the molecule is CC(C)(N)c1ncc(-c2ccc3nc4n(c3n2)Cc2ccccc2OCCOC4)cn1. The van der Waals surface area contributed by atoms with Gasteiger partial charge in [-0.15, -0.1) is 0 Å². The van der Waals surface area contributed by atoms with Gasteiger partial charge in [-0.2, -0.15) is 0 Å². The van der Waals surface area contributed by atoms with Gasteiger partial charge in [0.05, 0.1) is 24.4 Å². The Hall–Kier alpha value is -3.36. The van der Waals surface area contributed by atoms with Crippen molar-refractivity contribution in [3.05, 3.63) is 66.0 Å². The molecule has 0 atom stereocenters. The van der Waals surface area contributed by atoms with Crippen LogP contribution in [0, 0.1) is 0 Å². The Morgan fingerprint density at radius 1 is 1.00 bits per heavy atom. The maximum Gasteiger partial charge on any atom is 0.161 e. The van der Waals surface area contributed by atoms with Crippen LogP contribution in [-0.4, -0.2) is 37.7 Å². The molecule has 4 aromatic rings. The van der Waals surface area contributed by atoms with Crippen LogP contribution < -0.4 is 10.5 Å². The fourth-order valence-electron chi connectivity index (χ4n) is 3.60. The number of nitrogens with zero attached hydrogens (tertiary/aromatic N) is 5. The van der Waals surface area contributed by atoms with Gasteiger partial charge in [0, 0.05) is 23.5 Å². The number of nitrogens with two attached hydrogens (primary N) is 1. The summed E-state index contributed by atoms with van der Waals surface area (Å²) < 4.78 is 13.8. The van der Waals surface area contributed by atoms with Crippen LogP contribution in [0.25, 0.3) is 22.4 Å². The second kappa shape index (κ2) is 7.72. The lowest BCUT2D eigenvalue weighted by Crippen LogP contribution is -2.31. The second-order valence-corrected chi connectivity index (χ2v) is 8.18. The van der Waals surface area contributed by atoms with Crippen LogP contribution in [-0.2, 0) is 23.4 Å². The van der Waals surface area contributed by atoms with Crippen molar-refractivity contribution < 1.29 is 9.47 Å². The minimum atomic E-state index is -0.593. The lowest BCUT2D eigenvalue weighted by atomic mass is 10.1. The highest BCUT2D eigenvalue weighted by molar-refractivity contribution is 5.76. The van der Waals surface area contributed by atoms with Gasteiger partial charge in [-0.1, -0.05) is 18.2 Å². The summed E-state index contributed by atoms with van der Waals surface area (Å²) in [6.07, 6.45) is 3.52. The summed E-state index contributed by atoms with van der Waals surface area (Å²) in [5.74, 6) is 2.28. The van der Waals surface area contributed by atoms with E-state index in [9.17, 15) is 0 Å². The Bertz CT molecular complexity index is 1230. The third kappa shape index (κ3) is 3.87. The van der Waals surface area contributed by atoms with Crippen molar-refractivity contribution in [3.8, 4) is 17.0 Å². The van der Waals surface area contributed by atoms with Crippen LogP contribution in [0.4, 0.5) is 0 Å². The van der Waals surface area contributed by atoms with Crippen LogP contribution in [0.5, 0.6) is 5.75 Å². The van der Waals surface area contributed by atoms with Gasteiger partial charge < -0.3 is 19.8 Å². The summed E-state index contributed by atoms with van der Waals surface area (Å²) >= 11 is 0. The summed E-state index contributed by atoms with van der Waals surface area (Å²) in [5, 5.41) is 0. The van der Waals surface area contributed by atoms with E-state index in [1.165, 1.54) is 0 Å². The predicted octanol–water partition coefficient (Wildman–Crippen LogP) is 3.04. The number of imidazole rings is 1. The Balaban J connectivity index is 1.59. The first-order chi connectivity index (χ1) is 15.0. The number of pyridine rings is 1. The standard InChI is InChI=1S/C23H24N6O2/c1-23(2,24)22-25-11-16(12-26-22)17-7-8-18-21(28-17)29-13-15-5-3-4-6-19(15)31-10-9-30-14-20(29)27-18/h3-8,11-12H,9-10,13-14,24H2,1-2H3. The molecule has 3 aromatic heterocycles. The Morgan fingerprint density at radius 2 is 1.81 bits per heavy atom. The molecule has 0 spiro atoms. The molecule has 1 aromatic carbocycles. The molecule has 4 heterocycles. The molecule has 158 valence electrons. The van der Waals surface area contributed by atoms with E-state index in [0.717, 1.165) is 39.6 Å². The highest BCUT2D eigenvalue weighted by atomic mass is 16.5. The number of ether oxygens (including phenoxy) is 2. The topological polar surface area (TPSA) is 101 Å². The molecule has 1 aliphatic heterocycles.